The molecule has 0 radical (unpaired) electrons. The van der Waals surface area contributed by atoms with Crippen molar-refractivity contribution in [3.63, 3.8) is 0 Å². The quantitative estimate of drug-likeness (QED) is 0.547. The number of nitrogens with zero attached hydrogens (tertiary/aromatic N) is 3. The summed E-state index contributed by atoms with van der Waals surface area (Å²) in [6.45, 7) is 3.16. The molecule has 3 aromatic rings. The van der Waals surface area contributed by atoms with Crippen molar-refractivity contribution in [2.24, 2.45) is 0 Å². The van der Waals surface area contributed by atoms with Gasteiger partial charge in [0, 0.05) is 24.4 Å². The maximum Gasteiger partial charge on any atom is 0.258 e. The van der Waals surface area contributed by atoms with Crippen molar-refractivity contribution >= 4 is 45.8 Å². The Morgan fingerprint density at radius 2 is 2.21 bits per heavy atom. The first-order chi connectivity index (χ1) is 14.1. The summed E-state index contributed by atoms with van der Waals surface area (Å²) >= 11 is 13.4. The molecular weight excluding hydrogens is 428 g/mol. The fourth-order valence-electron chi connectivity index (χ4n) is 3.29. The summed E-state index contributed by atoms with van der Waals surface area (Å²) in [6.07, 6.45) is 0. The van der Waals surface area contributed by atoms with E-state index in [9.17, 15) is 0 Å². The van der Waals surface area contributed by atoms with Crippen LogP contribution in [-0.2, 0) is 4.74 Å². The van der Waals surface area contributed by atoms with E-state index in [1.54, 1.807) is 18.4 Å². The third-order valence-electron chi connectivity index (χ3n) is 4.70. The topological polar surface area (TPSA) is 63.4 Å². The molecule has 0 amide bonds. The first-order valence-corrected chi connectivity index (χ1v) is 10.7. The summed E-state index contributed by atoms with van der Waals surface area (Å²) in [5.74, 6) is 1.02. The monoisotopic (exact) mass is 446 g/mol. The maximum atomic E-state index is 6.25. The number of rotatable bonds is 6. The van der Waals surface area contributed by atoms with Gasteiger partial charge in [0.25, 0.3) is 5.89 Å². The molecule has 4 rings (SSSR count). The number of thiophene rings is 1. The number of thiocarbonyl (C=S) groups is 1. The maximum absolute atomic E-state index is 6.25. The Morgan fingerprint density at radius 1 is 1.34 bits per heavy atom. The van der Waals surface area contributed by atoms with Crippen LogP contribution in [0.1, 0.15) is 24.4 Å². The molecule has 0 fully saturated rings. The Hall–Kier alpha value is -2.26. The van der Waals surface area contributed by atoms with Crippen LogP contribution in [0.2, 0.25) is 5.02 Å². The molecule has 1 N–H and O–H groups in total. The number of nitrogens with one attached hydrogen (secondary N) is 1. The summed E-state index contributed by atoms with van der Waals surface area (Å²) < 4.78 is 10.9. The third kappa shape index (κ3) is 4.06. The van der Waals surface area contributed by atoms with Gasteiger partial charge in [0.15, 0.2) is 5.11 Å². The number of halogens is 1. The first kappa shape index (κ1) is 20.0. The van der Waals surface area contributed by atoms with E-state index in [1.165, 1.54) is 0 Å². The van der Waals surface area contributed by atoms with Crippen molar-refractivity contribution in [3.8, 4) is 10.7 Å². The van der Waals surface area contributed by atoms with E-state index >= 15 is 0 Å². The molecule has 0 spiro atoms. The molecule has 1 unspecified atom stereocenters. The van der Waals surface area contributed by atoms with Gasteiger partial charge in [0.2, 0.25) is 5.82 Å². The van der Waals surface area contributed by atoms with Crippen molar-refractivity contribution in [2.45, 2.75) is 13.0 Å². The number of ether oxygens (including phenoxy) is 1. The predicted molar refractivity (Wildman–Crippen MR) is 119 cm³/mol. The number of methoxy groups -OCH3 is 1. The summed E-state index contributed by atoms with van der Waals surface area (Å²) in [4.78, 5) is 7.61. The number of allylic oxidation sites excluding steroid dienone is 1. The number of benzene rings is 1. The van der Waals surface area contributed by atoms with E-state index in [0.29, 0.717) is 35.0 Å². The molecule has 0 bridgehead atoms. The number of hydrogen-bond acceptors (Lipinski definition) is 6. The zero-order valence-corrected chi connectivity index (χ0v) is 18.3. The minimum atomic E-state index is -0.253. The molecule has 29 heavy (non-hydrogen) atoms. The Kier molecular flexibility index (Phi) is 5.96. The Labute approximate surface area is 183 Å². The molecule has 0 saturated carbocycles. The second-order valence-electron chi connectivity index (χ2n) is 6.48. The molecule has 1 aliphatic rings. The fraction of sp³-hybridized carbons (Fsp3) is 0.250. The molecule has 9 heteroatoms. The van der Waals surface area contributed by atoms with Crippen LogP contribution < -0.4 is 5.32 Å². The van der Waals surface area contributed by atoms with E-state index in [0.717, 1.165) is 21.7 Å². The molecule has 3 heterocycles. The average Bonchev–Trinajstić information content (AvgIpc) is 3.39. The lowest BCUT2D eigenvalue weighted by molar-refractivity contribution is 0.183. The van der Waals surface area contributed by atoms with Gasteiger partial charge in [0.1, 0.15) is 0 Å². The van der Waals surface area contributed by atoms with Crippen molar-refractivity contribution in [3.05, 3.63) is 64.0 Å². The van der Waals surface area contributed by atoms with Crippen molar-refractivity contribution in [2.75, 3.05) is 20.3 Å². The standard InChI is InChI=1S/C20H19ClN4O2S2/c1-12-16(19-23-18(24-27-19)15-7-4-10-29-15)17(13-5-3-6-14(21)11-13)22-20(28)25(12)8-9-26-2/h3-7,10-11,17H,8-9H2,1-2H3,(H,22,28). The second kappa shape index (κ2) is 8.62. The molecule has 1 atom stereocenters. The lowest BCUT2D eigenvalue weighted by atomic mass is 9.95. The van der Waals surface area contributed by atoms with Crippen LogP contribution in [0.25, 0.3) is 16.3 Å². The Bertz CT molecular complexity index is 1050. The highest BCUT2D eigenvalue weighted by molar-refractivity contribution is 7.80. The van der Waals surface area contributed by atoms with Gasteiger partial charge in [-0.05, 0) is 48.3 Å². The molecule has 0 aliphatic carbocycles. The van der Waals surface area contributed by atoms with Crippen LogP contribution in [-0.4, -0.2) is 40.4 Å². The van der Waals surface area contributed by atoms with Gasteiger partial charge in [-0.25, -0.2) is 0 Å². The molecule has 150 valence electrons. The lowest BCUT2D eigenvalue weighted by Crippen LogP contribution is -2.47. The predicted octanol–water partition coefficient (Wildman–Crippen LogP) is 4.76. The molecule has 1 aliphatic heterocycles. The minimum absolute atomic E-state index is 0.253. The van der Waals surface area contributed by atoms with Gasteiger partial charge in [-0.15, -0.1) is 11.3 Å². The normalized spacial score (nSPS) is 17.0. The molecule has 0 saturated heterocycles. The highest BCUT2D eigenvalue weighted by Gasteiger charge is 2.34. The number of hydrogen-bond donors (Lipinski definition) is 1. The summed E-state index contributed by atoms with van der Waals surface area (Å²) in [5, 5.41) is 10.8. The molecule has 2 aromatic heterocycles. The van der Waals surface area contributed by atoms with E-state index < -0.39 is 0 Å². The zero-order chi connectivity index (χ0) is 20.4. The minimum Gasteiger partial charge on any atom is -0.383 e. The van der Waals surface area contributed by atoms with Crippen LogP contribution >= 0.6 is 35.2 Å². The van der Waals surface area contributed by atoms with Crippen molar-refractivity contribution in [1.82, 2.24) is 20.4 Å². The van der Waals surface area contributed by atoms with Gasteiger partial charge < -0.3 is 19.5 Å². The lowest BCUT2D eigenvalue weighted by Gasteiger charge is -2.37. The zero-order valence-electron chi connectivity index (χ0n) is 15.9. The van der Waals surface area contributed by atoms with Gasteiger partial charge in [0.05, 0.1) is 23.1 Å². The van der Waals surface area contributed by atoms with Crippen molar-refractivity contribution < 1.29 is 9.26 Å². The van der Waals surface area contributed by atoms with Crippen LogP contribution in [0.15, 0.2) is 52.0 Å². The Balaban J connectivity index is 1.81. The fourth-order valence-corrected chi connectivity index (χ4v) is 4.48. The smallest absolute Gasteiger partial charge is 0.258 e. The largest absolute Gasteiger partial charge is 0.383 e. The van der Waals surface area contributed by atoms with Crippen LogP contribution in [0.4, 0.5) is 0 Å². The number of aromatic nitrogens is 2. The van der Waals surface area contributed by atoms with Gasteiger partial charge in [-0.1, -0.05) is 35.0 Å². The van der Waals surface area contributed by atoms with Crippen LogP contribution in [0.5, 0.6) is 0 Å². The summed E-state index contributed by atoms with van der Waals surface area (Å²) in [7, 11) is 1.67. The summed E-state index contributed by atoms with van der Waals surface area (Å²) in [5.41, 5.74) is 2.78. The van der Waals surface area contributed by atoms with E-state index in [1.807, 2.05) is 53.6 Å². The second-order valence-corrected chi connectivity index (χ2v) is 8.25. The van der Waals surface area contributed by atoms with Gasteiger partial charge >= 0.3 is 0 Å². The average molecular weight is 447 g/mol. The highest BCUT2D eigenvalue weighted by atomic mass is 35.5. The third-order valence-corrected chi connectivity index (χ3v) is 6.13. The van der Waals surface area contributed by atoms with E-state index in [-0.39, 0.29) is 6.04 Å². The van der Waals surface area contributed by atoms with Crippen LogP contribution in [0.3, 0.4) is 0 Å². The molecule has 6 nitrogen and oxygen atoms in total. The van der Waals surface area contributed by atoms with Crippen LogP contribution in [0, 0.1) is 0 Å². The Morgan fingerprint density at radius 3 is 2.93 bits per heavy atom. The van der Waals surface area contributed by atoms with E-state index in [4.69, 9.17) is 33.1 Å². The molecule has 1 aromatic carbocycles. The van der Waals surface area contributed by atoms with Gasteiger partial charge in [-0.2, -0.15) is 4.98 Å². The van der Waals surface area contributed by atoms with E-state index in [2.05, 4.69) is 15.5 Å². The van der Waals surface area contributed by atoms with Gasteiger partial charge in [-0.3, -0.25) is 0 Å². The summed E-state index contributed by atoms with van der Waals surface area (Å²) in [6, 6.07) is 11.3. The van der Waals surface area contributed by atoms with Crippen molar-refractivity contribution in [1.29, 1.82) is 0 Å². The first-order valence-electron chi connectivity index (χ1n) is 8.99. The SMILES string of the molecule is COCCN1C(=S)NC(c2cccc(Cl)c2)C(c2nc(-c3cccs3)no2)=C1C. The highest BCUT2D eigenvalue weighted by Crippen LogP contribution is 2.38. The molecular formula is C20H19ClN4O2S2.